The first kappa shape index (κ1) is 11.8. The van der Waals surface area contributed by atoms with Crippen LogP contribution in [0.5, 0.6) is 0 Å². The molecule has 1 rings (SSSR count). The third-order valence-electron chi connectivity index (χ3n) is 2.10. The zero-order valence-corrected chi connectivity index (χ0v) is 9.16. The lowest BCUT2D eigenvalue weighted by Crippen LogP contribution is -2.11. The van der Waals surface area contributed by atoms with Gasteiger partial charge in [-0.05, 0) is 30.2 Å². The summed E-state index contributed by atoms with van der Waals surface area (Å²) in [5, 5.41) is -0.969. The summed E-state index contributed by atoms with van der Waals surface area (Å²) in [7, 11) is -4.11. The molecule has 0 saturated heterocycles. The topological polar surface area (TPSA) is 106 Å². The standard InChI is InChI=1S/C9H14N2O3S/c1-2-9(15(12,13)14)6-3-7(10)5-8(11)4-6/h3-5,9H,2,10-11H2,1H3,(H,12,13,14). The van der Waals surface area contributed by atoms with Gasteiger partial charge in [-0.1, -0.05) is 6.92 Å². The summed E-state index contributed by atoms with van der Waals surface area (Å²) in [6, 6.07) is 4.52. The maximum atomic E-state index is 11.1. The van der Waals surface area contributed by atoms with Crippen LogP contribution < -0.4 is 11.5 Å². The fourth-order valence-electron chi connectivity index (χ4n) is 1.51. The Bertz CT molecular complexity index is 436. The van der Waals surface area contributed by atoms with Gasteiger partial charge in [-0.25, -0.2) is 0 Å². The lowest BCUT2D eigenvalue weighted by atomic mass is 10.1. The van der Waals surface area contributed by atoms with E-state index in [-0.39, 0.29) is 6.42 Å². The maximum Gasteiger partial charge on any atom is 0.271 e. The summed E-state index contributed by atoms with van der Waals surface area (Å²) in [5.74, 6) is 0. The average molecular weight is 230 g/mol. The van der Waals surface area contributed by atoms with E-state index in [0.29, 0.717) is 16.9 Å². The summed E-state index contributed by atoms with van der Waals surface area (Å²) in [6.07, 6.45) is 0.266. The van der Waals surface area contributed by atoms with E-state index in [4.69, 9.17) is 16.0 Å². The number of anilines is 2. The van der Waals surface area contributed by atoms with Gasteiger partial charge in [0.1, 0.15) is 5.25 Å². The summed E-state index contributed by atoms with van der Waals surface area (Å²) in [6.45, 7) is 1.66. The van der Waals surface area contributed by atoms with E-state index in [2.05, 4.69) is 0 Å². The third kappa shape index (κ3) is 2.84. The molecule has 0 aliphatic carbocycles. The Balaban J connectivity index is 3.25. The number of nitrogens with two attached hydrogens (primary N) is 2. The van der Waals surface area contributed by atoms with Gasteiger partial charge in [-0.3, -0.25) is 4.55 Å². The van der Waals surface area contributed by atoms with Crippen LogP contribution in [0.3, 0.4) is 0 Å². The molecule has 1 unspecified atom stereocenters. The van der Waals surface area contributed by atoms with Crippen molar-refractivity contribution in [2.75, 3.05) is 11.5 Å². The average Bonchev–Trinajstić information content (AvgIpc) is 1.99. The van der Waals surface area contributed by atoms with Crippen LogP contribution in [-0.4, -0.2) is 13.0 Å². The highest BCUT2D eigenvalue weighted by Gasteiger charge is 2.23. The minimum absolute atomic E-state index is 0.266. The molecule has 84 valence electrons. The monoisotopic (exact) mass is 230 g/mol. The third-order valence-corrected chi connectivity index (χ3v) is 3.43. The van der Waals surface area contributed by atoms with Gasteiger partial charge in [0.05, 0.1) is 0 Å². The number of benzene rings is 1. The van der Waals surface area contributed by atoms with E-state index in [1.807, 2.05) is 0 Å². The second-order valence-electron chi connectivity index (χ2n) is 3.34. The van der Waals surface area contributed by atoms with E-state index in [1.54, 1.807) is 6.92 Å². The highest BCUT2D eigenvalue weighted by atomic mass is 32.2. The van der Waals surface area contributed by atoms with Crippen molar-refractivity contribution in [1.29, 1.82) is 0 Å². The van der Waals surface area contributed by atoms with Gasteiger partial charge in [0.25, 0.3) is 10.1 Å². The molecule has 0 aliphatic heterocycles. The van der Waals surface area contributed by atoms with Gasteiger partial charge in [-0.15, -0.1) is 0 Å². The van der Waals surface area contributed by atoms with E-state index in [1.165, 1.54) is 18.2 Å². The van der Waals surface area contributed by atoms with Crippen molar-refractivity contribution in [3.63, 3.8) is 0 Å². The Hall–Kier alpha value is -1.27. The Morgan fingerprint density at radius 2 is 1.73 bits per heavy atom. The van der Waals surface area contributed by atoms with Crippen LogP contribution in [0.2, 0.25) is 0 Å². The fraction of sp³-hybridized carbons (Fsp3) is 0.333. The Kier molecular flexibility index (Phi) is 3.21. The SMILES string of the molecule is CCC(c1cc(N)cc(N)c1)S(=O)(=O)O. The first-order chi connectivity index (χ1) is 6.84. The smallest absolute Gasteiger partial charge is 0.271 e. The molecule has 0 heterocycles. The van der Waals surface area contributed by atoms with Crippen LogP contribution in [0.4, 0.5) is 11.4 Å². The van der Waals surface area contributed by atoms with E-state index < -0.39 is 15.4 Å². The normalized spacial score (nSPS) is 13.7. The van der Waals surface area contributed by atoms with Crippen molar-refractivity contribution < 1.29 is 13.0 Å². The molecule has 0 saturated carbocycles. The summed E-state index contributed by atoms with van der Waals surface area (Å²) < 4.78 is 31.1. The van der Waals surface area contributed by atoms with E-state index in [0.717, 1.165) is 0 Å². The highest BCUT2D eigenvalue weighted by Crippen LogP contribution is 2.28. The molecule has 1 aromatic rings. The van der Waals surface area contributed by atoms with Crippen molar-refractivity contribution >= 4 is 21.5 Å². The lowest BCUT2D eigenvalue weighted by molar-refractivity contribution is 0.466. The van der Waals surface area contributed by atoms with Crippen LogP contribution in [0.15, 0.2) is 18.2 Å². The molecular formula is C9H14N2O3S. The Labute approximate surface area is 88.8 Å². The van der Waals surface area contributed by atoms with Gasteiger partial charge in [0, 0.05) is 11.4 Å². The van der Waals surface area contributed by atoms with Crippen molar-refractivity contribution in [3.8, 4) is 0 Å². The molecule has 1 atom stereocenters. The second kappa shape index (κ2) is 4.08. The van der Waals surface area contributed by atoms with Gasteiger partial charge < -0.3 is 11.5 Å². The molecule has 0 fully saturated rings. The van der Waals surface area contributed by atoms with Crippen LogP contribution in [-0.2, 0) is 10.1 Å². The summed E-state index contributed by atoms with van der Waals surface area (Å²) >= 11 is 0. The van der Waals surface area contributed by atoms with Gasteiger partial charge >= 0.3 is 0 Å². The van der Waals surface area contributed by atoms with Crippen LogP contribution in [0, 0.1) is 0 Å². The first-order valence-electron chi connectivity index (χ1n) is 4.47. The molecule has 0 spiro atoms. The minimum Gasteiger partial charge on any atom is -0.399 e. The second-order valence-corrected chi connectivity index (χ2v) is 4.94. The maximum absolute atomic E-state index is 11.1. The number of hydrogen-bond acceptors (Lipinski definition) is 4. The summed E-state index contributed by atoms with van der Waals surface area (Å²) in [5.41, 5.74) is 12.3. The summed E-state index contributed by atoms with van der Waals surface area (Å²) in [4.78, 5) is 0. The number of hydrogen-bond donors (Lipinski definition) is 3. The fourth-order valence-corrected chi connectivity index (χ4v) is 2.41. The molecule has 0 aromatic heterocycles. The molecule has 5 nitrogen and oxygen atoms in total. The van der Waals surface area contributed by atoms with E-state index >= 15 is 0 Å². The van der Waals surface area contributed by atoms with Gasteiger partial charge in [0.2, 0.25) is 0 Å². The van der Waals surface area contributed by atoms with Crippen molar-refractivity contribution in [1.82, 2.24) is 0 Å². The molecule has 0 amide bonds. The van der Waals surface area contributed by atoms with Gasteiger partial charge in [0.15, 0.2) is 0 Å². The molecule has 0 radical (unpaired) electrons. The number of rotatable bonds is 3. The number of nitrogen functional groups attached to an aromatic ring is 2. The van der Waals surface area contributed by atoms with Crippen molar-refractivity contribution in [2.45, 2.75) is 18.6 Å². The Morgan fingerprint density at radius 1 is 1.27 bits per heavy atom. The predicted octanol–water partition coefficient (Wildman–Crippen LogP) is 1.19. The molecule has 1 aromatic carbocycles. The molecule has 0 aliphatic rings. The molecule has 15 heavy (non-hydrogen) atoms. The predicted molar refractivity (Wildman–Crippen MR) is 59.8 cm³/mol. The molecule has 5 N–H and O–H groups in total. The van der Waals surface area contributed by atoms with Crippen LogP contribution in [0.1, 0.15) is 24.2 Å². The molecular weight excluding hydrogens is 216 g/mol. The van der Waals surface area contributed by atoms with E-state index in [9.17, 15) is 8.42 Å². The van der Waals surface area contributed by atoms with Crippen molar-refractivity contribution in [2.24, 2.45) is 0 Å². The van der Waals surface area contributed by atoms with Gasteiger partial charge in [-0.2, -0.15) is 8.42 Å². The zero-order valence-electron chi connectivity index (χ0n) is 8.34. The van der Waals surface area contributed by atoms with Crippen LogP contribution in [0.25, 0.3) is 0 Å². The quantitative estimate of drug-likeness (QED) is 0.534. The zero-order chi connectivity index (χ0) is 11.6. The minimum atomic E-state index is -4.11. The lowest BCUT2D eigenvalue weighted by Gasteiger charge is -2.13. The molecule has 6 heteroatoms. The Morgan fingerprint density at radius 3 is 2.07 bits per heavy atom. The molecule has 0 bridgehead atoms. The first-order valence-corrected chi connectivity index (χ1v) is 5.97. The van der Waals surface area contributed by atoms with Crippen molar-refractivity contribution in [3.05, 3.63) is 23.8 Å². The highest BCUT2D eigenvalue weighted by molar-refractivity contribution is 7.86. The largest absolute Gasteiger partial charge is 0.399 e. The van der Waals surface area contributed by atoms with Crippen LogP contribution >= 0.6 is 0 Å².